The van der Waals surface area contributed by atoms with Gasteiger partial charge in [-0.05, 0) is 50.4 Å². The maximum absolute atomic E-state index is 12.6. The van der Waals surface area contributed by atoms with Crippen LogP contribution in [0.4, 0.5) is 0 Å². The fraction of sp³-hybridized carbons (Fsp3) is 0.792. The summed E-state index contributed by atoms with van der Waals surface area (Å²) in [5.41, 5.74) is 0. The Morgan fingerprint density at radius 2 is 1.63 bits per heavy atom. The van der Waals surface area contributed by atoms with E-state index in [2.05, 4.69) is 26.0 Å². The van der Waals surface area contributed by atoms with Crippen LogP contribution in [0, 0.1) is 23.7 Å². The zero-order valence-corrected chi connectivity index (χ0v) is 17.4. The van der Waals surface area contributed by atoms with Gasteiger partial charge in [-0.25, -0.2) is 0 Å². The first kappa shape index (κ1) is 22.0. The second-order valence-electron chi connectivity index (χ2n) is 8.64. The zero-order valence-electron chi connectivity index (χ0n) is 17.4. The molecule has 0 saturated heterocycles. The van der Waals surface area contributed by atoms with Gasteiger partial charge in [0.2, 0.25) is 0 Å². The monoisotopic (exact) mass is 374 g/mol. The van der Waals surface area contributed by atoms with E-state index < -0.39 is 0 Å². The molecule has 2 saturated carbocycles. The molecule has 0 spiro atoms. The van der Waals surface area contributed by atoms with Crippen LogP contribution in [0.15, 0.2) is 12.2 Å². The molecular formula is C24H38O3. The Hall–Kier alpha value is -1.25. The highest BCUT2D eigenvalue weighted by molar-refractivity contribution is 5.86. The number of carbonyl (C=O) groups excluding carboxylic acids is 3. The van der Waals surface area contributed by atoms with Gasteiger partial charge in [-0.1, -0.05) is 45.3 Å². The van der Waals surface area contributed by atoms with Crippen molar-refractivity contribution >= 4 is 17.3 Å². The number of hydrogen-bond acceptors (Lipinski definition) is 3. The van der Waals surface area contributed by atoms with Gasteiger partial charge in [0.15, 0.2) is 0 Å². The van der Waals surface area contributed by atoms with Gasteiger partial charge >= 0.3 is 0 Å². The summed E-state index contributed by atoms with van der Waals surface area (Å²) in [4.78, 5) is 36.9. The van der Waals surface area contributed by atoms with Gasteiger partial charge in [0.1, 0.15) is 17.3 Å². The molecule has 0 aromatic heterocycles. The molecule has 2 fully saturated rings. The van der Waals surface area contributed by atoms with Crippen LogP contribution in [0.3, 0.4) is 0 Å². The van der Waals surface area contributed by atoms with Crippen molar-refractivity contribution in [2.24, 2.45) is 23.7 Å². The number of rotatable bonds is 12. The number of hydrogen-bond donors (Lipinski definition) is 0. The summed E-state index contributed by atoms with van der Waals surface area (Å²) in [5.74, 6) is 1.95. The molecule has 2 rings (SSSR count). The number of unbranched alkanes of at least 4 members (excludes halogenated alkanes) is 2. The molecular weight excluding hydrogens is 336 g/mol. The molecule has 0 aliphatic heterocycles. The Morgan fingerprint density at radius 3 is 2.33 bits per heavy atom. The lowest BCUT2D eigenvalue weighted by atomic mass is 9.84. The highest BCUT2D eigenvalue weighted by Crippen LogP contribution is 2.37. The highest BCUT2D eigenvalue weighted by atomic mass is 16.1. The largest absolute Gasteiger partial charge is 0.300 e. The van der Waals surface area contributed by atoms with Gasteiger partial charge in [-0.3, -0.25) is 14.4 Å². The van der Waals surface area contributed by atoms with E-state index in [1.807, 2.05) is 0 Å². The predicted octanol–water partition coefficient (Wildman–Crippen LogP) is 5.85. The summed E-state index contributed by atoms with van der Waals surface area (Å²) in [5, 5.41) is 0. The van der Waals surface area contributed by atoms with Crippen LogP contribution in [-0.2, 0) is 14.4 Å². The SMILES string of the molecule is CC/C=C\CC1C(=O)CCC1CC(=O)CCC1CCC(=O)C1CCCCC. The summed E-state index contributed by atoms with van der Waals surface area (Å²) < 4.78 is 0. The molecule has 4 atom stereocenters. The zero-order chi connectivity index (χ0) is 19.6. The Morgan fingerprint density at radius 1 is 0.926 bits per heavy atom. The first-order valence-corrected chi connectivity index (χ1v) is 11.3. The van der Waals surface area contributed by atoms with Crippen molar-refractivity contribution in [3.8, 4) is 0 Å². The minimum Gasteiger partial charge on any atom is -0.300 e. The van der Waals surface area contributed by atoms with E-state index in [9.17, 15) is 14.4 Å². The van der Waals surface area contributed by atoms with Crippen molar-refractivity contribution in [2.75, 3.05) is 0 Å². The minimum atomic E-state index is 0.0478. The van der Waals surface area contributed by atoms with Crippen LogP contribution in [0.5, 0.6) is 0 Å². The summed E-state index contributed by atoms with van der Waals surface area (Å²) in [6.07, 6.45) is 15.7. The van der Waals surface area contributed by atoms with Crippen LogP contribution in [0.2, 0.25) is 0 Å². The highest BCUT2D eigenvalue weighted by Gasteiger charge is 2.36. The lowest BCUT2D eigenvalue weighted by Gasteiger charge is -2.19. The summed E-state index contributed by atoms with van der Waals surface area (Å²) >= 11 is 0. The number of allylic oxidation sites excluding steroid dienone is 2. The number of Topliss-reactive ketones (excluding diaryl/α,β-unsaturated/α-hetero) is 3. The molecule has 0 N–H and O–H groups in total. The Balaban J connectivity index is 1.78. The lowest BCUT2D eigenvalue weighted by molar-refractivity contribution is -0.124. The molecule has 4 unspecified atom stereocenters. The molecule has 2 aliphatic rings. The quantitative estimate of drug-likeness (QED) is 0.318. The van der Waals surface area contributed by atoms with E-state index in [0.717, 1.165) is 44.9 Å². The molecule has 3 nitrogen and oxygen atoms in total. The molecule has 0 heterocycles. The van der Waals surface area contributed by atoms with Crippen molar-refractivity contribution in [1.82, 2.24) is 0 Å². The van der Waals surface area contributed by atoms with Gasteiger partial charge in [0, 0.05) is 37.5 Å². The van der Waals surface area contributed by atoms with Gasteiger partial charge in [0.25, 0.3) is 0 Å². The normalized spacial score (nSPS) is 28.5. The predicted molar refractivity (Wildman–Crippen MR) is 109 cm³/mol. The Kier molecular flexibility index (Phi) is 9.44. The van der Waals surface area contributed by atoms with Gasteiger partial charge in [-0.15, -0.1) is 0 Å². The first-order chi connectivity index (χ1) is 13.1. The molecule has 3 heteroatoms. The third kappa shape index (κ3) is 6.69. The fourth-order valence-corrected chi connectivity index (χ4v) is 5.03. The number of carbonyl (C=O) groups is 3. The Bertz CT molecular complexity index is 534. The summed E-state index contributed by atoms with van der Waals surface area (Å²) in [7, 11) is 0. The van der Waals surface area contributed by atoms with Gasteiger partial charge in [-0.2, -0.15) is 0 Å². The van der Waals surface area contributed by atoms with Crippen LogP contribution < -0.4 is 0 Å². The fourth-order valence-electron chi connectivity index (χ4n) is 5.03. The van der Waals surface area contributed by atoms with Crippen molar-refractivity contribution in [3.05, 3.63) is 12.2 Å². The summed E-state index contributed by atoms with van der Waals surface area (Å²) in [6, 6.07) is 0. The van der Waals surface area contributed by atoms with E-state index in [4.69, 9.17) is 0 Å². The lowest BCUT2D eigenvalue weighted by Crippen LogP contribution is -2.19. The first-order valence-electron chi connectivity index (χ1n) is 11.3. The average Bonchev–Trinajstić information content (AvgIpc) is 3.17. The van der Waals surface area contributed by atoms with Crippen molar-refractivity contribution in [3.63, 3.8) is 0 Å². The second kappa shape index (κ2) is 11.6. The number of ketones is 3. The Labute approximate surface area is 165 Å². The molecule has 0 amide bonds. The van der Waals surface area contributed by atoms with Crippen molar-refractivity contribution in [1.29, 1.82) is 0 Å². The van der Waals surface area contributed by atoms with E-state index in [1.54, 1.807) is 0 Å². The van der Waals surface area contributed by atoms with E-state index in [-0.39, 0.29) is 17.8 Å². The third-order valence-corrected chi connectivity index (χ3v) is 6.68. The minimum absolute atomic E-state index is 0.0478. The standard InChI is InChI=1S/C24H38O3/c1-3-5-7-9-21-18(12-15-23(21)26)11-14-20(25)17-19-13-16-24(27)22(19)10-8-6-4-2/h6,8,18-19,21-22H,3-5,7,9-17H2,1-2H3/b8-6-. The molecule has 0 bridgehead atoms. The van der Waals surface area contributed by atoms with Crippen LogP contribution >= 0.6 is 0 Å². The van der Waals surface area contributed by atoms with E-state index in [0.29, 0.717) is 49.0 Å². The maximum atomic E-state index is 12.6. The van der Waals surface area contributed by atoms with Gasteiger partial charge < -0.3 is 0 Å². The molecule has 0 aromatic carbocycles. The van der Waals surface area contributed by atoms with Gasteiger partial charge in [0.05, 0.1) is 0 Å². The smallest absolute Gasteiger partial charge is 0.136 e. The maximum Gasteiger partial charge on any atom is 0.136 e. The molecule has 0 aromatic rings. The molecule has 0 radical (unpaired) electrons. The molecule has 152 valence electrons. The van der Waals surface area contributed by atoms with Crippen molar-refractivity contribution in [2.45, 2.75) is 97.3 Å². The molecule has 27 heavy (non-hydrogen) atoms. The van der Waals surface area contributed by atoms with Crippen LogP contribution in [0.25, 0.3) is 0 Å². The second-order valence-corrected chi connectivity index (χ2v) is 8.64. The molecule has 2 aliphatic carbocycles. The topological polar surface area (TPSA) is 51.2 Å². The van der Waals surface area contributed by atoms with E-state index >= 15 is 0 Å². The van der Waals surface area contributed by atoms with Crippen LogP contribution in [0.1, 0.15) is 97.3 Å². The van der Waals surface area contributed by atoms with Crippen LogP contribution in [-0.4, -0.2) is 17.3 Å². The van der Waals surface area contributed by atoms with E-state index in [1.165, 1.54) is 12.8 Å². The van der Waals surface area contributed by atoms with Crippen molar-refractivity contribution < 1.29 is 14.4 Å². The summed E-state index contributed by atoms with van der Waals surface area (Å²) in [6.45, 7) is 4.28. The average molecular weight is 375 g/mol. The third-order valence-electron chi connectivity index (χ3n) is 6.68.